The molecule has 17 heavy (non-hydrogen) atoms. The summed E-state index contributed by atoms with van der Waals surface area (Å²) in [6.07, 6.45) is 2.07. The van der Waals surface area contributed by atoms with E-state index >= 15 is 0 Å². The second kappa shape index (κ2) is 5.42. The van der Waals surface area contributed by atoms with Gasteiger partial charge in [-0.2, -0.15) is 4.98 Å². The Morgan fingerprint density at radius 2 is 2.24 bits per heavy atom. The number of aromatic nitrogens is 2. The van der Waals surface area contributed by atoms with Gasteiger partial charge in [0.25, 0.3) is 0 Å². The summed E-state index contributed by atoms with van der Waals surface area (Å²) in [6.45, 7) is 4.88. The maximum absolute atomic E-state index is 10.8. The van der Waals surface area contributed by atoms with Crippen molar-refractivity contribution < 1.29 is 4.92 Å². The van der Waals surface area contributed by atoms with Crippen molar-refractivity contribution in [3.63, 3.8) is 0 Å². The SMILES string of the molecule is CC(C)CCN(C)c1nc(N)ncc1[N+](=O)[O-]. The summed E-state index contributed by atoms with van der Waals surface area (Å²) in [5.41, 5.74) is 5.33. The summed E-state index contributed by atoms with van der Waals surface area (Å²) in [7, 11) is 1.76. The van der Waals surface area contributed by atoms with Gasteiger partial charge in [0, 0.05) is 13.6 Å². The van der Waals surface area contributed by atoms with Crippen molar-refractivity contribution >= 4 is 17.5 Å². The van der Waals surface area contributed by atoms with Gasteiger partial charge in [0.05, 0.1) is 4.92 Å². The Labute approximate surface area is 99.8 Å². The van der Waals surface area contributed by atoms with E-state index in [0.29, 0.717) is 12.5 Å². The lowest BCUT2D eigenvalue weighted by Gasteiger charge is -2.18. The Kier molecular flexibility index (Phi) is 4.19. The predicted molar refractivity (Wildman–Crippen MR) is 65.8 cm³/mol. The number of rotatable bonds is 5. The molecule has 1 aromatic heterocycles. The number of hydrogen-bond acceptors (Lipinski definition) is 6. The van der Waals surface area contributed by atoms with E-state index < -0.39 is 4.92 Å². The van der Waals surface area contributed by atoms with Gasteiger partial charge in [-0.05, 0) is 12.3 Å². The van der Waals surface area contributed by atoms with Crippen LogP contribution in [0.25, 0.3) is 0 Å². The standard InChI is InChI=1S/C10H17N5O2/c1-7(2)4-5-14(3)9-8(15(16)17)6-12-10(11)13-9/h6-7H,4-5H2,1-3H3,(H2,11,12,13). The fourth-order valence-electron chi connectivity index (χ4n) is 1.35. The molecule has 0 saturated carbocycles. The van der Waals surface area contributed by atoms with E-state index in [9.17, 15) is 10.1 Å². The first-order chi connectivity index (χ1) is 7.91. The number of nitro groups is 1. The van der Waals surface area contributed by atoms with Gasteiger partial charge in [-0.3, -0.25) is 10.1 Å². The van der Waals surface area contributed by atoms with Gasteiger partial charge in [0.15, 0.2) is 0 Å². The topological polar surface area (TPSA) is 98.2 Å². The largest absolute Gasteiger partial charge is 0.368 e. The molecule has 0 aliphatic heterocycles. The van der Waals surface area contributed by atoms with E-state index in [1.54, 1.807) is 11.9 Å². The van der Waals surface area contributed by atoms with Gasteiger partial charge in [0.1, 0.15) is 6.20 Å². The van der Waals surface area contributed by atoms with Crippen molar-refractivity contribution in [1.82, 2.24) is 9.97 Å². The Hall–Kier alpha value is -1.92. The predicted octanol–water partition coefficient (Wildman–Crippen LogP) is 1.45. The summed E-state index contributed by atoms with van der Waals surface area (Å²) >= 11 is 0. The second-order valence-electron chi connectivity index (χ2n) is 4.30. The molecular weight excluding hydrogens is 222 g/mol. The Morgan fingerprint density at radius 3 is 2.76 bits per heavy atom. The molecule has 0 fully saturated rings. The molecule has 7 heteroatoms. The molecule has 0 spiro atoms. The van der Waals surface area contributed by atoms with Crippen molar-refractivity contribution in [2.45, 2.75) is 20.3 Å². The Balaban J connectivity index is 2.94. The number of anilines is 2. The van der Waals surface area contributed by atoms with Gasteiger partial charge in [-0.25, -0.2) is 4.98 Å². The molecule has 0 amide bonds. The van der Waals surface area contributed by atoms with E-state index in [1.165, 1.54) is 0 Å². The molecule has 1 rings (SSSR count). The molecule has 1 aromatic rings. The number of hydrogen-bond donors (Lipinski definition) is 1. The van der Waals surface area contributed by atoms with Crippen LogP contribution in [0.1, 0.15) is 20.3 Å². The molecule has 0 radical (unpaired) electrons. The van der Waals surface area contributed by atoms with Crippen LogP contribution in [0, 0.1) is 16.0 Å². The minimum atomic E-state index is -0.499. The fourth-order valence-corrected chi connectivity index (χ4v) is 1.35. The summed E-state index contributed by atoms with van der Waals surface area (Å²) in [5.74, 6) is 0.834. The first-order valence-corrected chi connectivity index (χ1v) is 5.40. The lowest BCUT2D eigenvalue weighted by molar-refractivity contribution is -0.384. The zero-order chi connectivity index (χ0) is 13.0. The van der Waals surface area contributed by atoms with Crippen LogP contribution in [0.4, 0.5) is 17.5 Å². The van der Waals surface area contributed by atoms with Gasteiger partial charge < -0.3 is 10.6 Å². The van der Waals surface area contributed by atoms with Crippen LogP contribution in [0.2, 0.25) is 0 Å². The molecule has 0 aliphatic rings. The van der Waals surface area contributed by atoms with Crippen molar-refractivity contribution in [3.8, 4) is 0 Å². The number of nitrogens with zero attached hydrogens (tertiary/aromatic N) is 4. The number of nitrogens with two attached hydrogens (primary N) is 1. The zero-order valence-corrected chi connectivity index (χ0v) is 10.3. The zero-order valence-electron chi connectivity index (χ0n) is 10.3. The molecule has 0 unspecified atom stereocenters. The average molecular weight is 239 g/mol. The molecule has 2 N–H and O–H groups in total. The highest BCUT2D eigenvalue weighted by atomic mass is 16.6. The molecule has 7 nitrogen and oxygen atoms in total. The number of nitrogen functional groups attached to an aromatic ring is 1. The van der Waals surface area contributed by atoms with E-state index in [1.807, 2.05) is 0 Å². The van der Waals surface area contributed by atoms with Crippen molar-refractivity contribution in [2.24, 2.45) is 5.92 Å². The van der Waals surface area contributed by atoms with E-state index in [4.69, 9.17) is 5.73 Å². The van der Waals surface area contributed by atoms with Crippen molar-refractivity contribution in [3.05, 3.63) is 16.3 Å². The summed E-state index contributed by atoms with van der Waals surface area (Å²) in [4.78, 5) is 19.6. The average Bonchev–Trinajstić information content (AvgIpc) is 2.25. The molecule has 0 aromatic carbocycles. The summed E-state index contributed by atoms with van der Waals surface area (Å²) in [6, 6.07) is 0. The molecule has 0 atom stereocenters. The monoisotopic (exact) mass is 239 g/mol. The lowest BCUT2D eigenvalue weighted by atomic mass is 10.1. The highest BCUT2D eigenvalue weighted by Crippen LogP contribution is 2.24. The highest BCUT2D eigenvalue weighted by Gasteiger charge is 2.20. The van der Waals surface area contributed by atoms with Crippen LogP contribution in [0.5, 0.6) is 0 Å². The van der Waals surface area contributed by atoms with Crippen molar-refractivity contribution in [1.29, 1.82) is 0 Å². The van der Waals surface area contributed by atoms with Crippen LogP contribution in [0.15, 0.2) is 6.20 Å². The summed E-state index contributed by atoms with van der Waals surface area (Å²) in [5, 5.41) is 10.8. The van der Waals surface area contributed by atoms with Crippen LogP contribution in [-0.4, -0.2) is 28.5 Å². The van der Waals surface area contributed by atoms with Crippen LogP contribution in [-0.2, 0) is 0 Å². The quantitative estimate of drug-likeness (QED) is 0.616. The first kappa shape index (κ1) is 13.1. The maximum atomic E-state index is 10.8. The Bertz CT molecular complexity index is 408. The molecule has 94 valence electrons. The third-order valence-corrected chi connectivity index (χ3v) is 2.37. The van der Waals surface area contributed by atoms with Gasteiger partial charge >= 0.3 is 5.69 Å². The van der Waals surface area contributed by atoms with Crippen LogP contribution >= 0.6 is 0 Å². The molecule has 0 saturated heterocycles. The Morgan fingerprint density at radius 1 is 1.59 bits per heavy atom. The smallest absolute Gasteiger partial charge is 0.329 e. The van der Waals surface area contributed by atoms with Gasteiger partial charge in [-0.1, -0.05) is 13.8 Å². The first-order valence-electron chi connectivity index (χ1n) is 5.40. The highest BCUT2D eigenvalue weighted by molar-refractivity contribution is 5.57. The van der Waals surface area contributed by atoms with E-state index in [-0.39, 0.29) is 17.5 Å². The second-order valence-corrected chi connectivity index (χ2v) is 4.30. The minimum absolute atomic E-state index is 0.0435. The third kappa shape index (κ3) is 3.54. The van der Waals surface area contributed by atoms with E-state index in [0.717, 1.165) is 12.6 Å². The summed E-state index contributed by atoms with van der Waals surface area (Å²) < 4.78 is 0. The normalized spacial score (nSPS) is 10.6. The molecular formula is C10H17N5O2. The van der Waals surface area contributed by atoms with Crippen LogP contribution in [0.3, 0.4) is 0 Å². The minimum Gasteiger partial charge on any atom is -0.368 e. The van der Waals surface area contributed by atoms with Gasteiger partial charge in [0.2, 0.25) is 11.8 Å². The third-order valence-electron chi connectivity index (χ3n) is 2.37. The van der Waals surface area contributed by atoms with Crippen molar-refractivity contribution in [2.75, 3.05) is 24.2 Å². The van der Waals surface area contributed by atoms with E-state index in [2.05, 4.69) is 23.8 Å². The lowest BCUT2D eigenvalue weighted by Crippen LogP contribution is -2.22. The molecule has 0 bridgehead atoms. The maximum Gasteiger partial charge on any atom is 0.329 e. The van der Waals surface area contributed by atoms with Crippen LogP contribution < -0.4 is 10.6 Å². The van der Waals surface area contributed by atoms with Gasteiger partial charge in [-0.15, -0.1) is 0 Å². The molecule has 0 aliphatic carbocycles. The fraction of sp³-hybridized carbons (Fsp3) is 0.600. The molecule has 1 heterocycles.